The second-order valence-corrected chi connectivity index (χ2v) is 30.6. The lowest BCUT2D eigenvalue weighted by Gasteiger charge is -2.21. The largest absolute Gasteiger partial charge is 0.472 e. The highest BCUT2D eigenvalue weighted by Crippen LogP contribution is 2.45. The maximum Gasteiger partial charge on any atom is 0.472 e. The highest BCUT2D eigenvalue weighted by molar-refractivity contribution is 7.47. The van der Waals surface area contributed by atoms with Crippen LogP contribution in [-0.4, -0.2) is 96.7 Å². The van der Waals surface area contributed by atoms with Crippen molar-refractivity contribution in [2.45, 2.75) is 380 Å². The number of hydrogen-bond acceptors (Lipinski definition) is 15. The van der Waals surface area contributed by atoms with Crippen LogP contribution >= 0.6 is 15.6 Å². The van der Waals surface area contributed by atoms with E-state index in [0.29, 0.717) is 25.7 Å². The van der Waals surface area contributed by atoms with Gasteiger partial charge in [-0.15, -0.1) is 0 Å². The Bertz CT molecular complexity index is 2350. The standard InChI is InChI=1S/C85H150O17P2/c1-5-9-13-17-21-25-29-33-37-39-43-46-50-54-58-62-66-70-83(88)96-76-81(102-85(90)72-68-64-60-56-52-48-44-40-38-34-30-26-22-18-14-10-6-2)78-100-104(93,94)98-74-79(86)73-97-103(91,92)99-77-80(101-84(89)71-67-63-59-55-51-47-42-36-32-28-24-20-16-12-8-4)75-95-82(87)69-65-61-57-53-49-45-41-35-31-27-23-19-15-11-7-3/h9-10,13-14,21-22,25-26,33-34,37-38,43-44,46,48,79-81,86H,5-8,11-12,15-20,23-24,27-32,35-36,39-42,45,47,49-78H2,1-4H3,(H,91,92)(H,93,94)/b13-9-,14-10-,25-21-,26-22-,37-33-,38-34-,46-43-,48-44-. The molecule has 0 aromatic rings. The van der Waals surface area contributed by atoms with Gasteiger partial charge in [0.15, 0.2) is 12.2 Å². The van der Waals surface area contributed by atoms with Gasteiger partial charge in [0.2, 0.25) is 0 Å². The van der Waals surface area contributed by atoms with Gasteiger partial charge in [-0.1, -0.05) is 330 Å². The van der Waals surface area contributed by atoms with Crippen LogP contribution in [0.4, 0.5) is 0 Å². The first-order valence-corrected chi connectivity index (χ1v) is 44.5. The zero-order valence-corrected chi connectivity index (χ0v) is 67.7. The smallest absolute Gasteiger partial charge is 0.462 e. The van der Waals surface area contributed by atoms with E-state index < -0.39 is 97.5 Å². The zero-order chi connectivity index (χ0) is 76.0. The van der Waals surface area contributed by atoms with Crippen molar-refractivity contribution in [1.29, 1.82) is 0 Å². The number of ether oxygens (including phenoxy) is 4. The van der Waals surface area contributed by atoms with Crippen molar-refractivity contribution >= 4 is 39.5 Å². The van der Waals surface area contributed by atoms with E-state index in [4.69, 9.17) is 37.0 Å². The summed E-state index contributed by atoms with van der Waals surface area (Å²) in [6.07, 6.45) is 82.3. The number of carbonyl (C=O) groups excluding carboxylic acids is 4. The minimum atomic E-state index is -4.99. The molecule has 0 spiro atoms. The lowest BCUT2D eigenvalue weighted by Crippen LogP contribution is -2.30. The van der Waals surface area contributed by atoms with Crippen LogP contribution in [0.5, 0.6) is 0 Å². The molecular weight excluding hydrogens is 1350 g/mol. The van der Waals surface area contributed by atoms with Crippen LogP contribution in [0.1, 0.15) is 362 Å². The number of aliphatic hydroxyl groups is 1. The Morgan fingerprint density at radius 2 is 0.500 bits per heavy atom. The van der Waals surface area contributed by atoms with Gasteiger partial charge in [0.05, 0.1) is 26.4 Å². The number of allylic oxidation sites excluding steroid dienone is 16. The Labute approximate surface area is 633 Å². The number of hydrogen-bond donors (Lipinski definition) is 3. The first kappa shape index (κ1) is 100.0. The minimum Gasteiger partial charge on any atom is -0.462 e. The summed E-state index contributed by atoms with van der Waals surface area (Å²) < 4.78 is 68.7. The third-order valence-corrected chi connectivity index (χ3v) is 19.5. The van der Waals surface area contributed by atoms with Gasteiger partial charge in [-0.2, -0.15) is 0 Å². The number of carbonyl (C=O) groups is 4. The number of rotatable bonds is 78. The van der Waals surface area contributed by atoms with Crippen LogP contribution in [0.3, 0.4) is 0 Å². The van der Waals surface area contributed by atoms with Gasteiger partial charge in [0.1, 0.15) is 19.3 Å². The molecule has 0 heterocycles. The molecule has 19 heteroatoms. The molecule has 5 atom stereocenters. The fourth-order valence-electron chi connectivity index (χ4n) is 11.3. The van der Waals surface area contributed by atoms with E-state index in [-0.39, 0.29) is 25.7 Å². The first-order chi connectivity index (χ1) is 50.7. The summed E-state index contributed by atoms with van der Waals surface area (Å²) in [6.45, 7) is 4.67. The number of aliphatic hydroxyl groups excluding tert-OH is 1. The second kappa shape index (κ2) is 77.1. The number of phosphoric ester groups is 2. The zero-order valence-electron chi connectivity index (χ0n) is 65.9. The van der Waals surface area contributed by atoms with Gasteiger partial charge >= 0.3 is 39.5 Å². The van der Waals surface area contributed by atoms with E-state index in [1.807, 2.05) is 0 Å². The van der Waals surface area contributed by atoms with Crippen LogP contribution in [0.15, 0.2) is 97.2 Å². The first-order valence-electron chi connectivity index (χ1n) is 41.5. The van der Waals surface area contributed by atoms with Crippen molar-refractivity contribution in [1.82, 2.24) is 0 Å². The van der Waals surface area contributed by atoms with Gasteiger partial charge in [-0.05, 0) is 103 Å². The Balaban J connectivity index is 5.39. The Morgan fingerprint density at radius 3 is 0.769 bits per heavy atom. The average molecular weight is 1510 g/mol. The Kier molecular flexibility index (Phi) is 74.2. The van der Waals surface area contributed by atoms with Crippen LogP contribution in [0.25, 0.3) is 0 Å². The molecule has 602 valence electrons. The molecule has 0 aliphatic rings. The quantitative estimate of drug-likeness (QED) is 0.0169. The lowest BCUT2D eigenvalue weighted by atomic mass is 10.0. The van der Waals surface area contributed by atoms with Crippen molar-refractivity contribution in [2.24, 2.45) is 0 Å². The predicted octanol–water partition coefficient (Wildman–Crippen LogP) is 24.3. The van der Waals surface area contributed by atoms with E-state index in [1.165, 1.54) is 135 Å². The molecule has 0 aromatic heterocycles. The lowest BCUT2D eigenvalue weighted by molar-refractivity contribution is -0.161. The van der Waals surface area contributed by atoms with E-state index in [1.54, 1.807) is 0 Å². The van der Waals surface area contributed by atoms with Crippen molar-refractivity contribution in [2.75, 3.05) is 39.6 Å². The second-order valence-electron chi connectivity index (χ2n) is 27.7. The molecule has 0 saturated carbocycles. The minimum absolute atomic E-state index is 0.0612. The van der Waals surface area contributed by atoms with Gasteiger partial charge in [0, 0.05) is 25.7 Å². The maximum atomic E-state index is 13.1. The normalized spacial score (nSPS) is 14.3. The summed E-state index contributed by atoms with van der Waals surface area (Å²) in [5.41, 5.74) is 0. The average Bonchev–Trinajstić information content (AvgIpc) is 0.926. The molecule has 0 bridgehead atoms. The van der Waals surface area contributed by atoms with Crippen molar-refractivity contribution in [3.8, 4) is 0 Å². The molecule has 5 unspecified atom stereocenters. The van der Waals surface area contributed by atoms with Gasteiger partial charge in [-0.25, -0.2) is 9.13 Å². The molecule has 17 nitrogen and oxygen atoms in total. The molecule has 0 fully saturated rings. The van der Waals surface area contributed by atoms with Crippen molar-refractivity contribution in [3.05, 3.63) is 97.2 Å². The molecule has 3 N–H and O–H groups in total. The van der Waals surface area contributed by atoms with Gasteiger partial charge < -0.3 is 33.8 Å². The molecular formula is C85H150O17P2. The van der Waals surface area contributed by atoms with E-state index in [9.17, 15) is 43.2 Å². The number of phosphoric acid groups is 2. The predicted molar refractivity (Wildman–Crippen MR) is 427 cm³/mol. The van der Waals surface area contributed by atoms with Crippen molar-refractivity contribution in [3.63, 3.8) is 0 Å². The van der Waals surface area contributed by atoms with Crippen LogP contribution in [-0.2, 0) is 65.4 Å². The third-order valence-electron chi connectivity index (χ3n) is 17.6. The molecule has 0 radical (unpaired) electrons. The highest BCUT2D eigenvalue weighted by Gasteiger charge is 2.30. The maximum absolute atomic E-state index is 13.1. The number of unbranched alkanes of at least 4 members (excludes halogenated alkanes) is 36. The van der Waals surface area contributed by atoms with Gasteiger partial charge in [-0.3, -0.25) is 37.3 Å². The molecule has 0 saturated heterocycles. The highest BCUT2D eigenvalue weighted by atomic mass is 31.2. The topological polar surface area (TPSA) is 237 Å². The summed E-state index contributed by atoms with van der Waals surface area (Å²) >= 11 is 0. The summed E-state index contributed by atoms with van der Waals surface area (Å²) in [5, 5.41) is 10.7. The van der Waals surface area contributed by atoms with Crippen LogP contribution in [0.2, 0.25) is 0 Å². The molecule has 0 aromatic carbocycles. The van der Waals surface area contributed by atoms with E-state index >= 15 is 0 Å². The fraction of sp³-hybridized carbons (Fsp3) is 0.765. The Hall–Kier alpha value is -4.02. The molecule has 0 aliphatic heterocycles. The SMILES string of the molecule is CC/C=C\C/C=C\C/C=C\C/C=C\CCCCCCC(=O)OCC(COP(=O)(O)OCC(O)COP(=O)(O)OCC(COC(=O)CCCCCCCCCCCCCCCCC)OC(=O)CCCCCCCCCCCCCCCCC)OC(=O)CCCCCC/C=C\C/C=C\C/C=C\C/C=C\CC. The van der Waals surface area contributed by atoms with Crippen LogP contribution in [0, 0.1) is 0 Å². The summed E-state index contributed by atoms with van der Waals surface area (Å²) in [5.74, 6) is -2.20. The third kappa shape index (κ3) is 76.2. The van der Waals surface area contributed by atoms with E-state index in [0.717, 1.165) is 148 Å². The van der Waals surface area contributed by atoms with Crippen molar-refractivity contribution < 1.29 is 80.2 Å². The molecule has 104 heavy (non-hydrogen) atoms. The summed E-state index contributed by atoms with van der Waals surface area (Å²) in [6, 6.07) is 0. The van der Waals surface area contributed by atoms with Gasteiger partial charge in [0.25, 0.3) is 0 Å². The molecule has 0 rings (SSSR count). The number of esters is 4. The van der Waals surface area contributed by atoms with E-state index in [2.05, 4.69) is 125 Å². The molecule has 0 amide bonds. The summed E-state index contributed by atoms with van der Waals surface area (Å²) in [7, 11) is -9.97. The molecule has 0 aliphatic carbocycles. The van der Waals surface area contributed by atoms with Crippen LogP contribution < -0.4 is 0 Å². The fourth-order valence-corrected chi connectivity index (χ4v) is 12.9. The Morgan fingerprint density at radius 1 is 0.279 bits per heavy atom. The summed E-state index contributed by atoms with van der Waals surface area (Å²) in [4.78, 5) is 73.1. The monoisotopic (exact) mass is 1510 g/mol.